The van der Waals surface area contributed by atoms with E-state index in [9.17, 15) is 13.2 Å². The van der Waals surface area contributed by atoms with Gasteiger partial charge in [-0.2, -0.15) is 17.0 Å². The zero-order chi connectivity index (χ0) is 17.9. The first-order valence-electron chi connectivity index (χ1n) is 8.26. The molecule has 1 aliphatic rings. The van der Waals surface area contributed by atoms with E-state index in [0.29, 0.717) is 30.6 Å². The third kappa shape index (κ3) is 4.78. The molecule has 1 heterocycles. The summed E-state index contributed by atoms with van der Waals surface area (Å²) in [4.78, 5) is 12.1. The number of carbonyl (C=O) groups is 1. The van der Waals surface area contributed by atoms with Crippen LogP contribution >= 0.6 is 0 Å². The van der Waals surface area contributed by atoms with Gasteiger partial charge < -0.3 is 5.32 Å². The number of carbonyl (C=O) groups excluding carboxylic acids is 1. The van der Waals surface area contributed by atoms with Crippen molar-refractivity contribution in [2.45, 2.75) is 27.2 Å². The smallest absolute Gasteiger partial charge is 0.282 e. The van der Waals surface area contributed by atoms with Crippen molar-refractivity contribution in [2.75, 3.05) is 32.0 Å². The molecule has 2 atom stereocenters. The Balaban J connectivity index is 1.98. The van der Waals surface area contributed by atoms with Gasteiger partial charge in [0, 0.05) is 25.8 Å². The van der Waals surface area contributed by atoms with Gasteiger partial charge in [-0.05, 0) is 37.3 Å². The third-order valence-corrected chi connectivity index (χ3v) is 6.12. The first-order chi connectivity index (χ1) is 11.2. The fourth-order valence-electron chi connectivity index (χ4n) is 3.11. The topological polar surface area (TPSA) is 69.7 Å². The van der Waals surface area contributed by atoms with Crippen LogP contribution in [-0.2, 0) is 15.0 Å². The van der Waals surface area contributed by atoms with E-state index < -0.39 is 10.2 Å². The summed E-state index contributed by atoms with van der Waals surface area (Å²) >= 11 is 0. The fourth-order valence-corrected chi connectivity index (χ4v) is 4.67. The van der Waals surface area contributed by atoms with Crippen molar-refractivity contribution >= 4 is 21.8 Å². The number of nitrogens with one attached hydrogen (secondary N) is 1. The molecule has 0 saturated carbocycles. The Morgan fingerprint density at radius 2 is 1.75 bits per heavy atom. The maximum atomic E-state index is 12.7. The molecule has 1 aromatic carbocycles. The molecular formula is C17H27N3O3S. The van der Waals surface area contributed by atoms with Crippen LogP contribution in [0.3, 0.4) is 0 Å². The fraction of sp³-hybridized carbons (Fsp3) is 0.588. The Bertz CT molecular complexity index is 663. The molecule has 134 valence electrons. The van der Waals surface area contributed by atoms with E-state index in [0.717, 1.165) is 16.3 Å². The van der Waals surface area contributed by atoms with Gasteiger partial charge in [-0.1, -0.05) is 31.5 Å². The summed E-state index contributed by atoms with van der Waals surface area (Å²) in [7, 11) is -2.16. The van der Waals surface area contributed by atoms with E-state index in [1.165, 1.54) is 11.4 Å². The van der Waals surface area contributed by atoms with E-state index >= 15 is 0 Å². The Labute approximate surface area is 145 Å². The van der Waals surface area contributed by atoms with E-state index in [1.54, 1.807) is 12.1 Å². The molecule has 0 aromatic heterocycles. The number of anilines is 1. The molecule has 0 spiro atoms. The Morgan fingerprint density at radius 3 is 2.29 bits per heavy atom. The van der Waals surface area contributed by atoms with Gasteiger partial charge in [0.1, 0.15) is 0 Å². The van der Waals surface area contributed by atoms with Crippen molar-refractivity contribution in [1.29, 1.82) is 0 Å². The Hall–Kier alpha value is -1.44. The van der Waals surface area contributed by atoms with Gasteiger partial charge in [-0.3, -0.25) is 4.79 Å². The van der Waals surface area contributed by atoms with Gasteiger partial charge in [0.2, 0.25) is 5.91 Å². The number of amides is 1. The third-order valence-electron chi connectivity index (χ3n) is 4.26. The highest BCUT2D eigenvalue weighted by molar-refractivity contribution is 7.86. The summed E-state index contributed by atoms with van der Waals surface area (Å²) in [5.41, 5.74) is 1.76. The largest absolute Gasteiger partial charge is 0.325 e. The van der Waals surface area contributed by atoms with Crippen LogP contribution in [0, 0.1) is 18.8 Å². The number of benzene rings is 1. The number of hydrogen-bond donors (Lipinski definition) is 1. The molecule has 1 amide bonds. The average molecular weight is 353 g/mol. The van der Waals surface area contributed by atoms with Crippen molar-refractivity contribution in [3.8, 4) is 0 Å². The number of nitrogens with zero attached hydrogens (tertiary/aromatic N) is 2. The van der Waals surface area contributed by atoms with Crippen LogP contribution in [0.15, 0.2) is 24.3 Å². The summed E-state index contributed by atoms with van der Waals surface area (Å²) in [6.07, 6.45) is 1.03. The number of likely N-dealkylation sites (N-methyl/N-ethyl adjacent to an activating group) is 1. The van der Waals surface area contributed by atoms with Crippen LogP contribution in [0.25, 0.3) is 0 Å². The lowest BCUT2D eigenvalue weighted by Crippen LogP contribution is -2.49. The average Bonchev–Trinajstić information content (AvgIpc) is 2.48. The lowest BCUT2D eigenvalue weighted by molar-refractivity contribution is -0.116. The zero-order valence-corrected chi connectivity index (χ0v) is 15.6. The predicted octanol–water partition coefficient (Wildman–Crippen LogP) is 2.09. The number of rotatable bonds is 5. The predicted molar refractivity (Wildman–Crippen MR) is 95.9 cm³/mol. The summed E-state index contributed by atoms with van der Waals surface area (Å²) in [6.45, 7) is 6.90. The zero-order valence-electron chi connectivity index (χ0n) is 14.8. The molecular weight excluding hydrogens is 326 g/mol. The molecule has 7 heteroatoms. The van der Waals surface area contributed by atoms with Gasteiger partial charge in [0.25, 0.3) is 10.2 Å². The molecule has 1 aliphatic heterocycles. The van der Waals surface area contributed by atoms with Crippen molar-refractivity contribution in [3.63, 3.8) is 0 Å². The van der Waals surface area contributed by atoms with Crippen LogP contribution in [0.4, 0.5) is 5.69 Å². The van der Waals surface area contributed by atoms with Crippen LogP contribution < -0.4 is 5.32 Å². The summed E-state index contributed by atoms with van der Waals surface area (Å²) < 4.78 is 28.0. The molecule has 1 fully saturated rings. The Kier molecular flexibility index (Phi) is 6.01. The normalized spacial score (nSPS) is 22.5. The summed E-state index contributed by atoms with van der Waals surface area (Å²) in [5.74, 6) is 0.319. The minimum absolute atomic E-state index is 0.199. The van der Waals surface area contributed by atoms with Crippen LogP contribution in [0.5, 0.6) is 0 Å². The van der Waals surface area contributed by atoms with Gasteiger partial charge in [-0.15, -0.1) is 0 Å². The maximum Gasteiger partial charge on any atom is 0.282 e. The molecule has 0 bridgehead atoms. The number of aryl methyl sites for hydroxylation is 1. The van der Waals surface area contributed by atoms with Crippen molar-refractivity contribution in [3.05, 3.63) is 29.8 Å². The SMILES string of the molecule is Cc1ccc(NC(=O)CN(C)S(=O)(=O)N2C[C@H](C)C[C@H](C)C2)cc1. The second-order valence-corrected chi connectivity index (χ2v) is 8.98. The number of hydrogen-bond acceptors (Lipinski definition) is 3. The molecule has 1 aromatic rings. The monoisotopic (exact) mass is 353 g/mol. The molecule has 6 nitrogen and oxygen atoms in total. The molecule has 2 rings (SSSR count). The van der Waals surface area contributed by atoms with Crippen molar-refractivity contribution in [1.82, 2.24) is 8.61 Å². The lowest BCUT2D eigenvalue weighted by atomic mass is 9.94. The van der Waals surface area contributed by atoms with Gasteiger partial charge in [-0.25, -0.2) is 0 Å². The second-order valence-electron chi connectivity index (χ2n) is 6.94. The number of piperidine rings is 1. The molecule has 0 unspecified atom stereocenters. The van der Waals surface area contributed by atoms with E-state index in [-0.39, 0.29) is 12.5 Å². The molecule has 1 saturated heterocycles. The standard InChI is InChI=1S/C17H27N3O3S/c1-13-5-7-16(8-6-13)18-17(21)12-19(4)24(22,23)20-10-14(2)9-15(3)11-20/h5-8,14-15H,9-12H2,1-4H3,(H,18,21)/t14-,15+. The van der Waals surface area contributed by atoms with Crippen LogP contribution in [0.1, 0.15) is 25.8 Å². The molecule has 1 N–H and O–H groups in total. The van der Waals surface area contributed by atoms with Gasteiger partial charge >= 0.3 is 0 Å². The lowest BCUT2D eigenvalue weighted by Gasteiger charge is -2.36. The quantitative estimate of drug-likeness (QED) is 0.881. The molecule has 0 aliphatic carbocycles. The maximum absolute atomic E-state index is 12.7. The molecule has 0 radical (unpaired) electrons. The van der Waals surface area contributed by atoms with E-state index in [4.69, 9.17) is 0 Å². The highest BCUT2D eigenvalue weighted by Crippen LogP contribution is 2.24. The highest BCUT2D eigenvalue weighted by Gasteiger charge is 2.33. The van der Waals surface area contributed by atoms with Crippen molar-refractivity contribution < 1.29 is 13.2 Å². The molecule has 24 heavy (non-hydrogen) atoms. The minimum Gasteiger partial charge on any atom is -0.325 e. The van der Waals surface area contributed by atoms with Crippen LogP contribution in [-0.4, -0.2) is 49.6 Å². The van der Waals surface area contributed by atoms with Gasteiger partial charge in [0.15, 0.2) is 0 Å². The first kappa shape index (κ1) is 18.9. The summed E-state index contributed by atoms with van der Waals surface area (Å²) in [5, 5.41) is 2.73. The highest BCUT2D eigenvalue weighted by atomic mass is 32.2. The first-order valence-corrected chi connectivity index (χ1v) is 9.66. The van der Waals surface area contributed by atoms with Gasteiger partial charge in [0.05, 0.1) is 6.54 Å². The van der Waals surface area contributed by atoms with Crippen LogP contribution in [0.2, 0.25) is 0 Å². The summed E-state index contributed by atoms with van der Waals surface area (Å²) in [6, 6.07) is 7.39. The minimum atomic E-state index is -3.62. The van der Waals surface area contributed by atoms with Crippen molar-refractivity contribution in [2.24, 2.45) is 11.8 Å². The second kappa shape index (κ2) is 7.63. The van der Waals surface area contributed by atoms with E-state index in [1.807, 2.05) is 19.1 Å². The Morgan fingerprint density at radius 1 is 1.21 bits per heavy atom. The van der Waals surface area contributed by atoms with E-state index in [2.05, 4.69) is 19.2 Å².